The second kappa shape index (κ2) is 5.54. The maximum Gasteiger partial charge on any atom is 0.222 e. The molecule has 0 unspecified atom stereocenters. The van der Waals surface area contributed by atoms with Crippen molar-refractivity contribution in [2.75, 3.05) is 25.5 Å². The number of rotatable bonds is 5. The van der Waals surface area contributed by atoms with Crippen molar-refractivity contribution in [3.63, 3.8) is 0 Å². The van der Waals surface area contributed by atoms with Crippen LogP contribution in [0.2, 0.25) is 0 Å². The van der Waals surface area contributed by atoms with Crippen molar-refractivity contribution < 1.29 is 0 Å². The molecule has 4 nitrogen and oxygen atoms in total. The van der Waals surface area contributed by atoms with E-state index in [4.69, 9.17) is 0 Å². The summed E-state index contributed by atoms with van der Waals surface area (Å²) in [7, 11) is 1.92. The zero-order valence-corrected chi connectivity index (χ0v) is 9.04. The molecule has 2 N–H and O–H groups in total. The van der Waals surface area contributed by atoms with E-state index in [0.717, 1.165) is 13.1 Å². The highest BCUT2D eigenvalue weighted by Crippen LogP contribution is 2.11. The highest BCUT2D eigenvalue weighted by atomic mass is 15.1. The Morgan fingerprint density at radius 1 is 1.21 bits per heavy atom. The topological polar surface area (TPSA) is 49.8 Å². The smallest absolute Gasteiger partial charge is 0.222 e. The van der Waals surface area contributed by atoms with E-state index in [-0.39, 0.29) is 0 Å². The molecule has 0 aliphatic heterocycles. The Labute approximate surface area is 85.2 Å². The molecule has 0 spiro atoms. The number of anilines is 1. The largest absolute Gasteiger partial charge is 0.353 e. The molecule has 1 aromatic heterocycles. The molecular formula is C10H18N4. The summed E-state index contributed by atoms with van der Waals surface area (Å²) in [4.78, 5) is 8.44. The first-order chi connectivity index (χ1) is 6.74. The van der Waals surface area contributed by atoms with Gasteiger partial charge in [0.05, 0.1) is 0 Å². The predicted octanol–water partition coefficient (Wildman–Crippen LogP) is 1.23. The van der Waals surface area contributed by atoms with Gasteiger partial charge in [-0.1, -0.05) is 13.8 Å². The third-order valence-corrected chi connectivity index (χ3v) is 2.00. The van der Waals surface area contributed by atoms with Crippen LogP contribution >= 0.6 is 0 Å². The lowest BCUT2D eigenvalue weighted by atomic mass is 10.1. The summed E-state index contributed by atoms with van der Waals surface area (Å²) >= 11 is 0. The molecule has 0 saturated heterocycles. The molecule has 0 atom stereocenters. The van der Waals surface area contributed by atoms with E-state index >= 15 is 0 Å². The van der Waals surface area contributed by atoms with Gasteiger partial charge in [-0.25, -0.2) is 9.97 Å². The maximum absolute atomic E-state index is 4.22. The first-order valence-electron chi connectivity index (χ1n) is 4.94. The van der Waals surface area contributed by atoms with Crippen molar-refractivity contribution in [2.45, 2.75) is 19.8 Å². The van der Waals surface area contributed by atoms with Crippen molar-refractivity contribution in [2.24, 2.45) is 0 Å². The van der Waals surface area contributed by atoms with Crippen molar-refractivity contribution >= 4 is 5.95 Å². The van der Waals surface area contributed by atoms with Gasteiger partial charge in [-0.05, 0) is 18.5 Å². The van der Waals surface area contributed by atoms with Gasteiger partial charge in [-0.2, -0.15) is 0 Å². The fraction of sp³-hybridized carbons (Fsp3) is 0.600. The van der Waals surface area contributed by atoms with Gasteiger partial charge in [0.25, 0.3) is 0 Å². The third-order valence-electron chi connectivity index (χ3n) is 2.00. The van der Waals surface area contributed by atoms with Gasteiger partial charge in [0, 0.05) is 25.5 Å². The van der Waals surface area contributed by atoms with Crippen LogP contribution in [0.3, 0.4) is 0 Å². The van der Waals surface area contributed by atoms with Crippen LogP contribution in [0, 0.1) is 0 Å². The maximum atomic E-state index is 4.22. The van der Waals surface area contributed by atoms with Crippen LogP contribution in [0.4, 0.5) is 5.95 Å². The summed E-state index contributed by atoms with van der Waals surface area (Å²) in [6.45, 7) is 6.02. The van der Waals surface area contributed by atoms with Gasteiger partial charge in [-0.3, -0.25) is 0 Å². The standard InChI is InChI=1S/C10H18N4/c1-8(2)9-6-13-10(14-7-9)12-5-4-11-3/h6-8,11H,4-5H2,1-3H3,(H,12,13,14). The number of hydrogen-bond donors (Lipinski definition) is 2. The lowest BCUT2D eigenvalue weighted by Gasteiger charge is -2.06. The normalized spacial score (nSPS) is 10.6. The molecule has 14 heavy (non-hydrogen) atoms. The molecule has 1 heterocycles. The predicted molar refractivity (Wildman–Crippen MR) is 58.5 cm³/mol. The summed E-state index contributed by atoms with van der Waals surface area (Å²) in [6.07, 6.45) is 3.75. The van der Waals surface area contributed by atoms with Crippen molar-refractivity contribution in [1.82, 2.24) is 15.3 Å². The van der Waals surface area contributed by atoms with Crippen LogP contribution in [0.1, 0.15) is 25.3 Å². The molecule has 1 aromatic rings. The second-order valence-electron chi connectivity index (χ2n) is 3.53. The molecular weight excluding hydrogens is 176 g/mol. The lowest BCUT2D eigenvalue weighted by molar-refractivity contribution is 0.812. The Kier molecular flexibility index (Phi) is 4.32. The van der Waals surface area contributed by atoms with Gasteiger partial charge in [0.1, 0.15) is 0 Å². The van der Waals surface area contributed by atoms with E-state index in [1.807, 2.05) is 19.4 Å². The fourth-order valence-corrected chi connectivity index (χ4v) is 1.03. The third kappa shape index (κ3) is 3.30. The highest BCUT2D eigenvalue weighted by molar-refractivity contribution is 5.25. The number of nitrogens with one attached hydrogen (secondary N) is 2. The lowest BCUT2D eigenvalue weighted by Crippen LogP contribution is -2.18. The Hall–Kier alpha value is -1.16. The SMILES string of the molecule is CNCCNc1ncc(C(C)C)cn1. The second-order valence-corrected chi connectivity index (χ2v) is 3.53. The molecule has 0 saturated carbocycles. The highest BCUT2D eigenvalue weighted by Gasteiger charge is 2.00. The molecule has 0 radical (unpaired) electrons. The molecule has 0 aliphatic carbocycles. The minimum atomic E-state index is 0.487. The van der Waals surface area contributed by atoms with Crippen molar-refractivity contribution in [1.29, 1.82) is 0 Å². The quantitative estimate of drug-likeness (QED) is 0.692. The first kappa shape index (κ1) is 10.9. The van der Waals surface area contributed by atoms with E-state index in [1.165, 1.54) is 5.56 Å². The molecule has 0 fully saturated rings. The van der Waals surface area contributed by atoms with E-state index in [0.29, 0.717) is 11.9 Å². The van der Waals surface area contributed by atoms with Crippen LogP contribution < -0.4 is 10.6 Å². The number of hydrogen-bond acceptors (Lipinski definition) is 4. The Balaban J connectivity index is 2.47. The van der Waals surface area contributed by atoms with Crippen molar-refractivity contribution in [3.8, 4) is 0 Å². The van der Waals surface area contributed by atoms with Gasteiger partial charge >= 0.3 is 0 Å². The van der Waals surface area contributed by atoms with Crippen LogP contribution in [0.5, 0.6) is 0 Å². The fourth-order valence-electron chi connectivity index (χ4n) is 1.03. The minimum Gasteiger partial charge on any atom is -0.353 e. The van der Waals surface area contributed by atoms with E-state index in [9.17, 15) is 0 Å². The zero-order chi connectivity index (χ0) is 10.4. The van der Waals surface area contributed by atoms with Gasteiger partial charge < -0.3 is 10.6 Å². The van der Waals surface area contributed by atoms with Gasteiger partial charge in [-0.15, -0.1) is 0 Å². The summed E-state index contributed by atoms with van der Waals surface area (Å²) < 4.78 is 0. The van der Waals surface area contributed by atoms with Gasteiger partial charge in [0.2, 0.25) is 5.95 Å². The van der Waals surface area contributed by atoms with Crippen LogP contribution in [0.15, 0.2) is 12.4 Å². The van der Waals surface area contributed by atoms with E-state index < -0.39 is 0 Å². The first-order valence-corrected chi connectivity index (χ1v) is 4.94. The number of nitrogens with zero attached hydrogens (tertiary/aromatic N) is 2. The molecule has 78 valence electrons. The molecule has 0 bridgehead atoms. The Morgan fingerprint density at radius 2 is 1.86 bits per heavy atom. The molecule has 1 rings (SSSR count). The summed E-state index contributed by atoms with van der Waals surface area (Å²) in [5.41, 5.74) is 1.17. The van der Waals surface area contributed by atoms with Crippen LogP contribution in [-0.4, -0.2) is 30.1 Å². The average molecular weight is 194 g/mol. The Bertz CT molecular complexity index is 255. The zero-order valence-electron chi connectivity index (χ0n) is 9.04. The van der Waals surface area contributed by atoms with Crippen LogP contribution in [0.25, 0.3) is 0 Å². The van der Waals surface area contributed by atoms with Crippen molar-refractivity contribution in [3.05, 3.63) is 18.0 Å². The molecule has 0 amide bonds. The van der Waals surface area contributed by atoms with Gasteiger partial charge in [0.15, 0.2) is 0 Å². The van der Waals surface area contributed by atoms with E-state index in [1.54, 1.807) is 0 Å². The molecule has 0 aliphatic rings. The summed E-state index contributed by atoms with van der Waals surface area (Å²) in [6, 6.07) is 0. The molecule has 4 heteroatoms. The van der Waals surface area contributed by atoms with E-state index in [2.05, 4.69) is 34.4 Å². The molecule has 0 aromatic carbocycles. The Morgan fingerprint density at radius 3 is 2.36 bits per heavy atom. The number of aromatic nitrogens is 2. The minimum absolute atomic E-state index is 0.487. The summed E-state index contributed by atoms with van der Waals surface area (Å²) in [5.74, 6) is 1.19. The average Bonchev–Trinajstić information content (AvgIpc) is 2.19. The summed E-state index contributed by atoms with van der Waals surface area (Å²) in [5, 5.41) is 6.18. The number of likely N-dealkylation sites (N-methyl/N-ethyl adjacent to an activating group) is 1. The van der Waals surface area contributed by atoms with Crippen LogP contribution in [-0.2, 0) is 0 Å². The monoisotopic (exact) mass is 194 g/mol.